The molecule has 0 radical (unpaired) electrons. The van der Waals surface area contributed by atoms with Crippen LogP contribution in [0, 0.1) is 17.8 Å². The molecule has 26 heavy (non-hydrogen) atoms. The van der Waals surface area contributed by atoms with Gasteiger partial charge in [0, 0.05) is 5.60 Å². The number of fused-ring (bicyclic) bond motifs is 1. The molecule has 3 fully saturated rings. The maximum Gasteiger partial charge on any atom is 0.0788 e. The molecule has 1 aliphatic heterocycles. The molecule has 0 aromatic carbocycles. The molecule has 0 amide bonds. The summed E-state index contributed by atoms with van der Waals surface area (Å²) in [6, 6.07) is -0.0445. The molecule has 4 heteroatoms. The first-order valence-electron chi connectivity index (χ1n) is 10.3. The third kappa shape index (κ3) is 3.17. The van der Waals surface area contributed by atoms with Crippen LogP contribution in [0.15, 0.2) is 12.2 Å². The van der Waals surface area contributed by atoms with Crippen molar-refractivity contribution < 1.29 is 9.84 Å². The van der Waals surface area contributed by atoms with E-state index < -0.39 is 5.60 Å². The van der Waals surface area contributed by atoms with Crippen LogP contribution in [0.25, 0.3) is 10.6 Å². The standard InChI is InChI=1S/C22H38N2O2/c1-14(2)17-10-13-22(5,26-17)16-8-11-20(3,24-7)15-9-12-21(4,25)19(23-6)18(15)16/h15-19,25H,1,8-13H2,2-7H3/q-2/t15-,16-,17-,18-,19+,20-,21+,22+/m0/s1. The Balaban J connectivity index is 1.96. The van der Waals surface area contributed by atoms with Crippen molar-refractivity contribution in [1.82, 2.24) is 0 Å². The first-order valence-corrected chi connectivity index (χ1v) is 10.3. The summed E-state index contributed by atoms with van der Waals surface area (Å²) in [5.41, 5.74) is 0.228. The van der Waals surface area contributed by atoms with E-state index in [1.807, 2.05) is 21.0 Å². The van der Waals surface area contributed by atoms with Crippen LogP contribution in [0.3, 0.4) is 0 Å². The normalized spacial score (nSPS) is 51.9. The van der Waals surface area contributed by atoms with Crippen LogP contribution < -0.4 is 0 Å². The van der Waals surface area contributed by atoms with Crippen LogP contribution in [-0.4, -0.2) is 48.1 Å². The molecule has 1 N–H and O–H groups in total. The molecule has 1 heterocycles. The maximum absolute atomic E-state index is 11.1. The predicted octanol–water partition coefficient (Wildman–Crippen LogP) is 4.82. The van der Waals surface area contributed by atoms with Crippen molar-refractivity contribution in [3.63, 3.8) is 0 Å². The summed E-state index contributed by atoms with van der Waals surface area (Å²) in [6.07, 6.45) is 6.31. The van der Waals surface area contributed by atoms with E-state index in [1.54, 1.807) is 0 Å². The van der Waals surface area contributed by atoms with Crippen LogP contribution >= 0.6 is 0 Å². The molecule has 0 bridgehead atoms. The minimum Gasteiger partial charge on any atom is -0.660 e. The molecule has 8 atom stereocenters. The van der Waals surface area contributed by atoms with Crippen molar-refractivity contribution in [3.8, 4) is 0 Å². The van der Waals surface area contributed by atoms with E-state index in [1.165, 1.54) is 0 Å². The Kier molecular flexibility index (Phi) is 5.37. The van der Waals surface area contributed by atoms with Gasteiger partial charge < -0.3 is 20.5 Å². The van der Waals surface area contributed by atoms with Crippen LogP contribution in [0.4, 0.5) is 0 Å². The molecule has 150 valence electrons. The molecule has 0 aromatic rings. The monoisotopic (exact) mass is 362 g/mol. The number of aliphatic hydroxyl groups is 1. The van der Waals surface area contributed by atoms with Gasteiger partial charge in [-0.3, -0.25) is 0 Å². The van der Waals surface area contributed by atoms with Gasteiger partial charge in [0.05, 0.1) is 11.7 Å². The molecular weight excluding hydrogens is 324 g/mol. The van der Waals surface area contributed by atoms with Gasteiger partial charge in [-0.15, -0.1) is 11.6 Å². The first kappa shape index (κ1) is 20.3. The lowest BCUT2D eigenvalue weighted by Gasteiger charge is -2.67. The van der Waals surface area contributed by atoms with E-state index >= 15 is 0 Å². The molecule has 0 spiro atoms. The highest BCUT2D eigenvalue weighted by Gasteiger charge is 2.55. The second-order valence-electron chi connectivity index (χ2n) is 9.81. The fourth-order valence-corrected chi connectivity index (χ4v) is 6.39. The smallest absolute Gasteiger partial charge is 0.0788 e. The minimum absolute atomic E-state index is 0.0106. The number of ether oxygens (including phenoxy) is 1. The Bertz CT molecular complexity index is 548. The fraction of sp³-hybridized carbons (Fsp3) is 0.909. The van der Waals surface area contributed by atoms with Gasteiger partial charge in [0.1, 0.15) is 0 Å². The van der Waals surface area contributed by atoms with E-state index in [-0.39, 0.29) is 23.3 Å². The van der Waals surface area contributed by atoms with Gasteiger partial charge in [-0.1, -0.05) is 31.4 Å². The number of rotatable bonds is 4. The van der Waals surface area contributed by atoms with E-state index in [9.17, 15) is 5.11 Å². The van der Waals surface area contributed by atoms with Gasteiger partial charge in [0.15, 0.2) is 0 Å². The number of nitrogens with zero attached hydrogens (tertiary/aromatic N) is 2. The Labute approximate surface area is 160 Å². The minimum atomic E-state index is -0.733. The third-order valence-corrected chi connectivity index (χ3v) is 8.09. The topological polar surface area (TPSA) is 57.7 Å². The average molecular weight is 363 g/mol. The van der Waals surface area contributed by atoms with Crippen molar-refractivity contribution in [2.24, 2.45) is 17.8 Å². The Morgan fingerprint density at radius 1 is 1.04 bits per heavy atom. The average Bonchev–Trinajstić information content (AvgIpc) is 2.98. The lowest BCUT2D eigenvalue weighted by atomic mass is 9.51. The largest absolute Gasteiger partial charge is 0.660 e. The van der Waals surface area contributed by atoms with Crippen molar-refractivity contribution in [2.45, 2.75) is 95.1 Å². The molecule has 2 aliphatic carbocycles. The highest BCUT2D eigenvalue weighted by molar-refractivity contribution is 5.22. The van der Waals surface area contributed by atoms with Gasteiger partial charge >= 0.3 is 0 Å². The predicted molar refractivity (Wildman–Crippen MR) is 108 cm³/mol. The SMILES string of the molecule is C=C(C)[C@@H]1CC[C@](C)([C@H]2CC[C@](C)([N-]C)[C@H]3CC[C@@](C)(O)[C@H]([N-]C)[C@H]23)O1. The number of hydrogen-bond acceptors (Lipinski definition) is 2. The van der Waals surface area contributed by atoms with E-state index in [2.05, 4.69) is 27.4 Å². The summed E-state index contributed by atoms with van der Waals surface area (Å²) < 4.78 is 6.61. The summed E-state index contributed by atoms with van der Waals surface area (Å²) in [4.78, 5) is 0. The second kappa shape index (κ2) is 6.88. The molecule has 4 nitrogen and oxygen atoms in total. The van der Waals surface area contributed by atoms with E-state index in [0.717, 1.165) is 44.1 Å². The zero-order valence-corrected chi connectivity index (χ0v) is 17.6. The highest BCUT2D eigenvalue weighted by Crippen LogP contribution is 2.59. The number of hydrogen-bond donors (Lipinski definition) is 1. The Hall–Kier alpha value is -0.420. The molecule has 3 rings (SSSR count). The summed E-state index contributed by atoms with van der Waals surface area (Å²) in [6.45, 7) is 12.8. The first-order chi connectivity index (χ1) is 12.1. The lowest BCUT2D eigenvalue weighted by Crippen LogP contribution is -2.62. The third-order valence-electron chi connectivity index (χ3n) is 8.09. The van der Waals surface area contributed by atoms with Gasteiger partial charge in [-0.05, 0) is 64.7 Å². The van der Waals surface area contributed by atoms with Gasteiger partial charge in [0.2, 0.25) is 0 Å². The Morgan fingerprint density at radius 3 is 2.23 bits per heavy atom. The lowest BCUT2D eigenvalue weighted by molar-refractivity contribution is -0.139. The van der Waals surface area contributed by atoms with Crippen LogP contribution in [-0.2, 0) is 4.74 Å². The van der Waals surface area contributed by atoms with Crippen LogP contribution in [0.5, 0.6) is 0 Å². The summed E-state index contributed by atoms with van der Waals surface area (Å²) >= 11 is 0. The van der Waals surface area contributed by atoms with Crippen LogP contribution in [0.2, 0.25) is 0 Å². The fourth-order valence-electron chi connectivity index (χ4n) is 6.39. The highest BCUT2D eigenvalue weighted by atomic mass is 16.5. The van der Waals surface area contributed by atoms with Crippen molar-refractivity contribution in [3.05, 3.63) is 22.8 Å². The molecule has 3 aliphatic rings. The second-order valence-corrected chi connectivity index (χ2v) is 9.81. The molecule has 1 saturated heterocycles. The molecule has 2 saturated carbocycles. The van der Waals surface area contributed by atoms with Gasteiger partial charge in [0.25, 0.3) is 0 Å². The van der Waals surface area contributed by atoms with E-state index in [0.29, 0.717) is 17.8 Å². The quantitative estimate of drug-likeness (QED) is 0.729. The van der Waals surface area contributed by atoms with Crippen LogP contribution in [0.1, 0.15) is 66.2 Å². The van der Waals surface area contributed by atoms with Crippen molar-refractivity contribution in [2.75, 3.05) is 14.1 Å². The molecule has 0 unspecified atom stereocenters. The summed E-state index contributed by atoms with van der Waals surface area (Å²) in [5, 5.41) is 20.7. The number of likely N-dealkylation sites (N-methyl/N-ethyl adjacent to an activating group) is 1. The maximum atomic E-state index is 11.1. The van der Waals surface area contributed by atoms with Crippen molar-refractivity contribution >= 4 is 0 Å². The van der Waals surface area contributed by atoms with Crippen molar-refractivity contribution in [1.29, 1.82) is 0 Å². The van der Waals surface area contributed by atoms with Gasteiger partial charge in [-0.25, -0.2) is 0 Å². The van der Waals surface area contributed by atoms with E-state index in [4.69, 9.17) is 15.4 Å². The summed E-state index contributed by atoms with van der Waals surface area (Å²) in [5.74, 6) is 1.19. The summed E-state index contributed by atoms with van der Waals surface area (Å²) in [7, 11) is 3.84. The van der Waals surface area contributed by atoms with Gasteiger partial charge in [-0.2, -0.15) is 14.1 Å². The zero-order valence-electron chi connectivity index (χ0n) is 17.6. The zero-order chi connectivity index (χ0) is 19.3. The molecular formula is C22H38N2O2-2. The molecule has 0 aromatic heterocycles. The Morgan fingerprint density at radius 2 is 1.69 bits per heavy atom.